The minimum absolute atomic E-state index is 0. The number of carbonyl (C=O) groups is 1. The summed E-state index contributed by atoms with van der Waals surface area (Å²) in [6.45, 7) is 8.03. The first kappa shape index (κ1) is 23.5. The predicted octanol–water partition coefficient (Wildman–Crippen LogP) is 3.29. The van der Waals surface area contributed by atoms with Crippen molar-refractivity contribution in [3.63, 3.8) is 0 Å². The van der Waals surface area contributed by atoms with Gasteiger partial charge >= 0.3 is 0 Å². The molecule has 0 radical (unpaired) electrons. The maximum Gasteiger partial charge on any atom is 0.221 e. The highest BCUT2D eigenvalue weighted by molar-refractivity contribution is 14.0. The van der Waals surface area contributed by atoms with Gasteiger partial charge in [-0.3, -0.25) is 9.79 Å². The summed E-state index contributed by atoms with van der Waals surface area (Å²) >= 11 is 0. The fourth-order valence-corrected chi connectivity index (χ4v) is 3.18. The van der Waals surface area contributed by atoms with E-state index in [2.05, 4.69) is 34.8 Å². The molecule has 3 atom stereocenters. The standard InChI is InChI=1S/C18H36N4O.HI/c1-5-15(3)22-17(23)10-12-21-18(19-4)20-11-9-16-8-6-7-14(2)13-16;/h14-16H,5-13H2,1-4H3,(H,22,23)(H2,19,20,21);1H. The molecule has 0 aliphatic heterocycles. The number of amides is 1. The van der Waals surface area contributed by atoms with Gasteiger partial charge in [-0.05, 0) is 38.0 Å². The smallest absolute Gasteiger partial charge is 0.221 e. The average molecular weight is 452 g/mol. The molecule has 1 rings (SSSR count). The Morgan fingerprint density at radius 2 is 1.96 bits per heavy atom. The molecule has 3 N–H and O–H groups in total. The van der Waals surface area contributed by atoms with E-state index in [0.717, 1.165) is 30.8 Å². The molecular formula is C18H37IN4O. The number of rotatable bonds is 8. The Hall–Kier alpha value is -0.530. The van der Waals surface area contributed by atoms with E-state index < -0.39 is 0 Å². The van der Waals surface area contributed by atoms with Crippen LogP contribution in [0.15, 0.2) is 4.99 Å². The summed E-state index contributed by atoms with van der Waals surface area (Å²) in [6, 6.07) is 0.248. The summed E-state index contributed by atoms with van der Waals surface area (Å²) in [5.74, 6) is 2.63. The number of hydrogen-bond acceptors (Lipinski definition) is 2. The lowest BCUT2D eigenvalue weighted by atomic mass is 9.81. The lowest BCUT2D eigenvalue weighted by Gasteiger charge is -2.26. The normalized spacial score (nSPS) is 22.2. The second kappa shape index (κ2) is 13.7. The van der Waals surface area contributed by atoms with Crippen LogP contribution in [0.4, 0.5) is 0 Å². The van der Waals surface area contributed by atoms with E-state index in [9.17, 15) is 4.79 Å². The zero-order chi connectivity index (χ0) is 17.1. The Kier molecular flexibility index (Phi) is 13.4. The van der Waals surface area contributed by atoms with Gasteiger partial charge in [-0.25, -0.2) is 0 Å². The molecule has 0 aromatic rings. The summed E-state index contributed by atoms with van der Waals surface area (Å²) in [5, 5.41) is 9.55. The second-order valence-electron chi connectivity index (χ2n) is 6.98. The molecule has 0 bridgehead atoms. The molecule has 1 aliphatic carbocycles. The SMILES string of the molecule is CCC(C)NC(=O)CCNC(=NC)NCCC1CCCC(C)C1.I. The molecule has 1 amide bonds. The molecule has 24 heavy (non-hydrogen) atoms. The molecule has 142 valence electrons. The van der Waals surface area contributed by atoms with Crippen molar-refractivity contribution < 1.29 is 4.79 Å². The molecule has 0 spiro atoms. The topological polar surface area (TPSA) is 65.5 Å². The summed E-state index contributed by atoms with van der Waals surface area (Å²) < 4.78 is 0. The Balaban J connectivity index is 0.00000529. The number of aliphatic imine (C=N–C) groups is 1. The van der Waals surface area contributed by atoms with Crippen LogP contribution < -0.4 is 16.0 Å². The van der Waals surface area contributed by atoms with Gasteiger partial charge in [-0.2, -0.15) is 0 Å². The van der Waals surface area contributed by atoms with Crippen LogP contribution in [0.25, 0.3) is 0 Å². The number of carbonyl (C=O) groups excluding carboxylic acids is 1. The zero-order valence-corrected chi connectivity index (χ0v) is 18.2. The monoisotopic (exact) mass is 452 g/mol. The van der Waals surface area contributed by atoms with Crippen molar-refractivity contribution in [2.45, 2.75) is 71.8 Å². The lowest BCUT2D eigenvalue weighted by molar-refractivity contribution is -0.121. The van der Waals surface area contributed by atoms with E-state index in [-0.39, 0.29) is 35.9 Å². The Labute approximate surface area is 165 Å². The minimum Gasteiger partial charge on any atom is -0.356 e. The largest absolute Gasteiger partial charge is 0.356 e. The number of halogens is 1. The van der Waals surface area contributed by atoms with E-state index in [1.54, 1.807) is 7.05 Å². The Bertz CT molecular complexity index is 376. The third-order valence-corrected chi connectivity index (χ3v) is 4.78. The van der Waals surface area contributed by atoms with Crippen LogP contribution in [0.1, 0.15) is 65.7 Å². The third-order valence-electron chi connectivity index (χ3n) is 4.78. The average Bonchev–Trinajstić information content (AvgIpc) is 2.53. The van der Waals surface area contributed by atoms with Crippen molar-refractivity contribution in [2.75, 3.05) is 20.1 Å². The molecule has 0 heterocycles. The second-order valence-corrected chi connectivity index (χ2v) is 6.98. The van der Waals surface area contributed by atoms with Crippen molar-refractivity contribution in [1.29, 1.82) is 0 Å². The minimum atomic E-state index is 0. The predicted molar refractivity (Wildman–Crippen MR) is 113 cm³/mol. The first-order chi connectivity index (χ1) is 11.0. The van der Waals surface area contributed by atoms with Gasteiger partial charge in [0.15, 0.2) is 5.96 Å². The van der Waals surface area contributed by atoms with Crippen LogP contribution in [0.5, 0.6) is 0 Å². The molecule has 5 nitrogen and oxygen atoms in total. The molecule has 0 saturated heterocycles. The molecule has 6 heteroatoms. The fraction of sp³-hybridized carbons (Fsp3) is 0.889. The first-order valence-electron chi connectivity index (χ1n) is 9.29. The molecule has 1 fully saturated rings. The summed E-state index contributed by atoms with van der Waals surface area (Å²) in [4.78, 5) is 15.9. The van der Waals surface area contributed by atoms with E-state index in [1.165, 1.54) is 32.1 Å². The van der Waals surface area contributed by atoms with Crippen molar-refractivity contribution in [3.05, 3.63) is 0 Å². The van der Waals surface area contributed by atoms with Crippen LogP contribution in [0.2, 0.25) is 0 Å². The van der Waals surface area contributed by atoms with Crippen LogP contribution in [-0.4, -0.2) is 38.0 Å². The van der Waals surface area contributed by atoms with Crippen molar-refractivity contribution in [1.82, 2.24) is 16.0 Å². The highest BCUT2D eigenvalue weighted by Gasteiger charge is 2.18. The summed E-state index contributed by atoms with van der Waals surface area (Å²) in [5.41, 5.74) is 0. The maximum absolute atomic E-state index is 11.7. The Morgan fingerprint density at radius 1 is 1.25 bits per heavy atom. The van der Waals surface area contributed by atoms with Gasteiger partial charge in [0.1, 0.15) is 0 Å². The van der Waals surface area contributed by atoms with E-state index in [4.69, 9.17) is 0 Å². The van der Waals surface area contributed by atoms with Crippen LogP contribution in [-0.2, 0) is 4.79 Å². The van der Waals surface area contributed by atoms with E-state index in [1.807, 2.05) is 6.92 Å². The van der Waals surface area contributed by atoms with Crippen molar-refractivity contribution in [3.8, 4) is 0 Å². The molecule has 0 aromatic carbocycles. The van der Waals surface area contributed by atoms with Gasteiger partial charge in [-0.15, -0.1) is 24.0 Å². The van der Waals surface area contributed by atoms with E-state index >= 15 is 0 Å². The zero-order valence-electron chi connectivity index (χ0n) is 15.9. The highest BCUT2D eigenvalue weighted by Crippen LogP contribution is 2.30. The number of nitrogens with zero attached hydrogens (tertiary/aromatic N) is 1. The lowest BCUT2D eigenvalue weighted by Crippen LogP contribution is -2.41. The van der Waals surface area contributed by atoms with Gasteiger partial charge in [0.2, 0.25) is 5.91 Å². The van der Waals surface area contributed by atoms with E-state index in [0.29, 0.717) is 13.0 Å². The van der Waals surface area contributed by atoms with Crippen molar-refractivity contribution >= 4 is 35.8 Å². The van der Waals surface area contributed by atoms with Gasteiger partial charge in [0.05, 0.1) is 0 Å². The molecular weight excluding hydrogens is 415 g/mol. The third kappa shape index (κ3) is 10.4. The van der Waals surface area contributed by atoms with Gasteiger partial charge in [-0.1, -0.05) is 33.1 Å². The molecule has 0 aromatic heterocycles. The fourth-order valence-electron chi connectivity index (χ4n) is 3.18. The summed E-state index contributed by atoms with van der Waals surface area (Å²) in [6.07, 6.45) is 8.15. The van der Waals surface area contributed by atoms with Gasteiger partial charge in [0.25, 0.3) is 0 Å². The maximum atomic E-state index is 11.7. The van der Waals surface area contributed by atoms with Crippen LogP contribution in [0.3, 0.4) is 0 Å². The number of nitrogens with one attached hydrogen (secondary N) is 3. The first-order valence-corrected chi connectivity index (χ1v) is 9.29. The number of guanidine groups is 1. The molecule has 1 aliphatic rings. The number of hydrogen-bond donors (Lipinski definition) is 3. The Morgan fingerprint density at radius 3 is 2.58 bits per heavy atom. The molecule has 3 unspecified atom stereocenters. The highest BCUT2D eigenvalue weighted by atomic mass is 127. The van der Waals surface area contributed by atoms with Crippen LogP contribution >= 0.6 is 24.0 Å². The van der Waals surface area contributed by atoms with Crippen molar-refractivity contribution in [2.24, 2.45) is 16.8 Å². The molecule has 1 saturated carbocycles. The quantitative estimate of drug-likeness (QED) is 0.301. The van der Waals surface area contributed by atoms with Gasteiger partial charge < -0.3 is 16.0 Å². The van der Waals surface area contributed by atoms with Gasteiger partial charge in [0, 0.05) is 32.6 Å². The van der Waals surface area contributed by atoms with Crippen LogP contribution in [0, 0.1) is 11.8 Å². The summed E-state index contributed by atoms with van der Waals surface area (Å²) in [7, 11) is 1.78.